The maximum Gasteiger partial charge on any atom is 0.272 e. The van der Waals surface area contributed by atoms with Gasteiger partial charge in [-0.1, -0.05) is 45.0 Å². The average molecular weight is 346 g/mol. The van der Waals surface area contributed by atoms with Crippen molar-refractivity contribution >= 4 is 22.3 Å². The molecule has 2 N–H and O–H groups in total. The van der Waals surface area contributed by atoms with E-state index in [2.05, 4.69) is 42.1 Å². The number of benzene rings is 1. The number of fused-ring (bicyclic) bond motifs is 2. The van der Waals surface area contributed by atoms with Gasteiger partial charge in [0.15, 0.2) is 5.69 Å². The minimum Gasteiger partial charge on any atom is -0.361 e. The topological polar surface area (TPSA) is 62.2 Å². The Morgan fingerprint density at radius 2 is 1.92 bits per heavy atom. The van der Waals surface area contributed by atoms with Crippen molar-refractivity contribution in [3.05, 3.63) is 71.9 Å². The molecular formula is C21H22N4O. The third kappa shape index (κ3) is 2.75. The van der Waals surface area contributed by atoms with E-state index in [4.69, 9.17) is 0 Å². The summed E-state index contributed by atoms with van der Waals surface area (Å²) in [6, 6.07) is 13.9. The number of rotatable bonds is 3. The predicted molar refractivity (Wildman–Crippen MR) is 103 cm³/mol. The van der Waals surface area contributed by atoms with Gasteiger partial charge in [0.1, 0.15) is 5.82 Å². The summed E-state index contributed by atoms with van der Waals surface area (Å²) in [5, 5.41) is 4.14. The van der Waals surface area contributed by atoms with E-state index in [9.17, 15) is 4.79 Å². The molecule has 0 unspecified atom stereocenters. The number of hydrogen-bond donors (Lipinski definition) is 2. The number of para-hydroxylation sites is 1. The van der Waals surface area contributed by atoms with E-state index in [1.165, 1.54) is 0 Å². The summed E-state index contributed by atoms with van der Waals surface area (Å²) in [5.74, 6) is 0.722. The molecule has 26 heavy (non-hydrogen) atoms. The molecule has 4 aromatic rings. The molecule has 3 aromatic heterocycles. The number of nitrogens with one attached hydrogen (secondary N) is 2. The fourth-order valence-electron chi connectivity index (χ4n) is 3.27. The van der Waals surface area contributed by atoms with Crippen molar-refractivity contribution in [2.75, 3.05) is 0 Å². The Balaban J connectivity index is 1.64. The summed E-state index contributed by atoms with van der Waals surface area (Å²) in [4.78, 5) is 20.7. The molecule has 0 aliphatic heterocycles. The first kappa shape index (κ1) is 16.4. The number of amides is 1. The molecule has 5 heteroatoms. The number of aromatic amines is 1. The van der Waals surface area contributed by atoms with Gasteiger partial charge in [-0.15, -0.1) is 0 Å². The van der Waals surface area contributed by atoms with Crippen LogP contribution < -0.4 is 5.32 Å². The van der Waals surface area contributed by atoms with Crippen LogP contribution in [0.5, 0.6) is 0 Å². The highest BCUT2D eigenvalue weighted by atomic mass is 16.1. The van der Waals surface area contributed by atoms with E-state index in [1.54, 1.807) is 0 Å². The fourth-order valence-corrected chi connectivity index (χ4v) is 3.27. The molecule has 3 heterocycles. The van der Waals surface area contributed by atoms with Crippen LogP contribution in [0.4, 0.5) is 0 Å². The molecule has 0 bridgehead atoms. The monoisotopic (exact) mass is 346 g/mol. The van der Waals surface area contributed by atoms with Gasteiger partial charge in [-0.25, -0.2) is 4.98 Å². The van der Waals surface area contributed by atoms with Crippen LogP contribution in [0.1, 0.15) is 42.6 Å². The van der Waals surface area contributed by atoms with E-state index in [0.717, 1.165) is 27.8 Å². The van der Waals surface area contributed by atoms with Crippen molar-refractivity contribution in [1.82, 2.24) is 19.7 Å². The minimum atomic E-state index is -0.158. The quantitative estimate of drug-likeness (QED) is 0.588. The number of hydrogen-bond acceptors (Lipinski definition) is 2. The van der Waals surface area contributed by atoms with Crippen molar-refractivity contribution in [2.24, 2.45) is 0 Å². The SMILES string of the molecule is CC(C)(C)c1nc(C(=O)NCc2c[nH]c3ccccc23)c2ccccn12. The zero-order valence-electron chi connectivity index (χ0n) is 15.2. The highest BCUT2D eigenvalue weighted by Gasteiger charge is 2.24. The largest absolute Gasteiger partial charge is 0.361 e. The molecule has 0 saturated heterocycles. The van der Waals surface area contributed by atoms with Gasteiger partial charge in [-0.3, -0.25) is 4.79 Å². The number of pyridine rings is 1. The first-order chi connectivity index (χ1) is 12.4. The van der Waals surface area contributed by atoms with Crippen LogP contribution in [0.3, 0.4) is 0 Å². The number of carbonyl (C=O) groups excluding carboxylic acids is 1. The summed E-state index contributed by atoms with van der Waals surface area (Å²) in [5.41, 5.74) is 3.27. The van der Waals surface area contributed by atoms with Crippen LogP contribution >= 0.6 is 0 Å². The molecule has 0 saturated carbocycles. The van der Waals surface area contributed by atoms with Crippen LogP contribution in [0.2, 0.25) is 0 Å². The second kappa shape index (κ2) is 6.02. The number of carbonyl (C=O) groups is 1. The number of aromatic nitrogens is 3. The summed E-state index contributed by atoms with van der Waals surface area (Å²) < 4.78 is 2.00. The van der Waals surface area contributed by atoms with E-state index < -0.39 is 0 Å². The van der Waals surface area contributed by atoms with E-state index in [0.29, 0.717) is 12.2 Å². The Bertz CT molecular complexity index is 1100. The van der Waals surface area contributed by atoms with Crippen LogP contribution in [-0.2, 0) is 12.0 Å². The van der Waals surface area contributed by atoms with E-state index in [-0.39, 0.29) is 11.3 Å². The highest BCUT2D eigenvalue weighted by molar-refractivity contribution is 5.99. The van der Waals surface area contributed by atoms with Gasteiger partial charge >= 0.3 is 0 Å². The van der Waals surface area contributed by atoms with Crippen molar-refractivity contribution in [2.45, 2.75) is 32.7 Å². The lowest BCUT2D eigenvalue weighted by Crippen LogP contribution is -2.23. The second-order valence-corrected chi connectivity index (χ2v) is 7.53. The highest BCUT2D eigenvalue weighted by Crippen LogP contribution is 2.25. The van der Waals surface area contributed by atoms with Crippen molar-refractivity contribution in [1.29, 1.82) is 0 Å². The van der Waals surface area contributed by atoms with Gasteiger partial charge in [0.2, 0.25) is 0 Å². The molecule has 0 aliphatic carbocycles. The molecule has 5 nitrogen and oxygen atoms in total. The standard InChI is InChI=1S/C21H22N4O/c1-21(2,3)20-24-18(17-10-6-7-11-25(17)20)19(26)23-13-14-12-22-16-9-5-4-8-15(14)16/h4-12,22H,13H2,1-3H3,(H,23,26). The Morgan fingerprint density at radius 3 is 2.73 bits per heavy atom. The number of imidazole rings is 1. The maximum absolute atomic E-state index is 12.8. The van der Waals surface area contributed by atoms with Crippen LogP contribution in [0.15, 0.2) is 54.9 Å². The Kier molecular flexibility index (Phi) is 3.80. The molecule has 0 radical (unpaired) electrons. The zero-order chi connectivity index (χ0) is 18.3. The molecular weight excluding hydrogens is 324 g/mol. The molecule has 0 spiro atoms. The molecule has 132 valence electrons. The zero-order valence-corrected chi connectivity index (χ0v) is 15.2. The van der Waals surface area contributed by atoms with Gasteiger partial charge in [0.25, 0.3) is 5.91 Å². The molecule has 1 amide bonds. The van der Waals surface area contributed by atoms with Gasteiger partial charge < -0.3 is 14.7 Å². The Labute approximate surface area is 152 Å². The van der Waals surface area contributed by atoms with Crippen LogP contribution in [0.25, 0.3) is 16.4 Å². The van der Waals surface area contributed by atoms with Crippen molar-refractivity contribution in [3.63, 3.8) is 0 Å². The number of H-pyrrole nitrogens is 1. The lowest BCUT2D eigenvalue weighted by atomic mass is 9.96. The lowest BCUT2D eigenvalue weighted by Gasteiger charge is -2.16. The molecule has 0 aliphatic rings. The summed E-state index contributed by atoms with van der Waals surface area (Å²) in [7, 11) is 0. The molecule has 0 atom stereocenters. The first-order valence-electron chi connectivity index (χ1n) is 8.76. The minimum absolute atomic E-state index is 0.153. The van der Waals surface area contributed by atoms with E-state index in [1.807, 2.05) is 53.2 Å². The fraction of sp³-hybridized carbons (Fsp3) is 0.238. The van der Waals surface area contributed by atoms with Crippen LogP contribution in [0, 0.1) is 0 Å². The number of nitrogens with zero attached hydrogens (tertiary/aromatic N) is 2. The summed E-state index contributed by atoms with van der Waals surface area (Å²) in [6.07, 6.45) is 3.90. The van der Waals surface area contributed by atoms with Gasteiger partial charge in [0.05, 0.1) is 5.52 Å². The van der Waals surface area contributed by atoms with Gasteiger partial charge in [-0.2, -0.15) is 0 Å². The van der Waals surface area contributed by atoms with Crippen molar-refractivity contribution < 1.29 is 4.79 Å². The molecule has 4 rings (SSSR count). The van der Waals surface area contributed by atoms with Gasteiger partial charge in [-0.05, 0) is 23.8 Å². The smallest absolute Gasteiger partial charge is 0.272 e. The lowest BCUT2D eigenvalue weighted by molar-refractivity contribution is 0.0948. The van der Waals surface area contributed by atoms with Crippen molar-refractivity contribution in [3.8, 4) is 0 Å². The summed E-state index contributed by atoms with van der Waals surface area (Å²) >= 11 is 0. The average Bonchev–Trinajstić information content (AvgIpc) is 3.21. The second-order valence-electron chi connectivity index (χ2n) is 7.53. The molecule has 0 fully saturated rings. The normalized spacial score (nSPS) is 12.0. The van der Waals surface area contributed by atoms with Gasteiger partial charge in [0, 0.05) is 35.3 Å². The Morgan fingerprint density at radius 1 is 1.15 bits per heavy atom. The first-order valence-corrected chi connectivity index (χ1v) is 8.76. The third-order valence-electron chi connectivity index (χ3n) is 4.55. The summed E-state index contributed by atoms with van der Waals surface area (Å²) in [6.45, 7) is 6.76. The Hall–Kier alpha value is -3.08. The third-order valence-corrected chi connectivity index (χ3v) is 4.55. The molecule has 1 aromatic carbocycles. The van der Waals surface area contributed by atoms with Crippen LogP contribution in [-0.4, -0.2) is 20.3 Å². The van der Waals surface area contributed by atoms with E-state index >= 15 is 0 Å². The predicted octanol–water partition coefficient (Wildman–Crippen LogP) is 4.04. The maximum atomic E-state index is 12.8.